The highest BCUT2D eigenvalue weighted by molar-refractivity contribution is 6.76. The van der Waals surface area contributed by atoms with Crippen LogP contribution in [0.1, 0.15) is 30.1 Å². The van der Waals surface area contributed by atoms with Gasteiger partial charge >= 0.3 is 6.18 Å². The van der Waals surface area contributed by atoms with E-state index >= 15 is 0 Å². The average molecular weight is 533 g/mol. The van der Waals surface area contributed by atoms with Gasteiger partial charge in [0.25, 0.3) is 0 Å². The van der Waals surface area contributed by atoms with Crippen molar-refractivity contribution in [2.24, 2.45) is 0 Å². The van der Waals surface area contributed by atoms with Gasteiger partial charge in [-0.05, 0) is 50.2 Å². The molecule has 0 saturated carbocycles. The Bertz CT molecular complexity index is 1230. The Morgan fingerprint density at radius 1 is 1.14 bits per heavy atom. The summed E-state index contributed by atoms with van der Waals surface area (Å²) in [6.07, 6.45) is -0.677. The zero-order valence-corrected chi connectivity index (χ0v) is 22.6. The molecule has 3 aromatic rings. The summed E-state index contributed by atoms with van der Waals surface area (Å²) in [6.45, 7) is 9.43. The Kier molecular flexibility index (Phi) is 7.26. The van der Waals surface area contributed by atoms with Gasteiger partial charge in [-0.3, -0.25) is 4.90 Å². The van der Waals surface area contributed by atoms with Crippen LogP contribution in [0.4, 0.5) is 19.0 Å². The van der Waals surface area contributed by atoms with Gasteiger partial charge in [0.1, 0.15) is 30.6 Å². The third-order valence-electron chi connectivity index (χ3n) is 7.29. The molecule has 4 heterocycles. The zero-order chi connectivity index (χ0) is 26.2. The summed E-state index contributed by atoms with van der Waals surface area (Å²) in [6, 6.07) is 11.5. The van der Waals surface area contributed by atoms with Crippen LogP contribution in [0.2, 0.25) is 25.7 Å². The van der Waals surface area contributed by atoms with Gasteiger partial charge in [0.2, 0.25) is 0 Å². The summed E-state index contributed by atoms with van der Waals surface area (Å²) in [4.78, 5) is 6.92. The van der Waals surface area contributed by atoms with Crippen LogP contribution in [0.15, 0.2) is 42.6 Å². The van der Waals surface area contributed by atoms with Gasteiger partial charge in [-0.25, -0.2) is 4.98 Å². The normalized spacial score (nSPS) is 20.7. The minimum atomic E-state index is -4.51. The standard InChI is InChI=1S/C27H35F3N4O2Si/c1-37(2,3)15-14-35-18-34-21-10-11-31-26(20(21)16-24(34)27(28,29)30)32-25-19-8-4-5-9-23(19)36-17-22(25)33-12-6-7-13-33/h4-5,8-11,16,22,25H,6-7,12-15,17-18H2,1-3H3,(H,31,32)/t22-,25-/m0/s1. The number of para-hydroxylation sites is 1. The first-order chi connectivity index (χ1) is 17.6. The van der Waals surface area contributed by atoms with Crippen molar-refractivity contribution in [3.63, 3.8) is 0 Å². The van der Waals surface area contributed by atoms with Crippen LogP contribution < -0.4 is 10.1 Å². The third-order valence-corrected chi connectivity index (χ3v) is 8.99. The van der Waals surface area contributed by atoms with Crippen molar-refractivity contribution in [2.75, 3.05) is 31.6 Å². The van der Waals surface area contributed by atoms with Crippen LogP contribution in [0.3, 0.4) is 0 Å². The number of hydrogen-bond donors (Lipinski definition) is 1. The van der Waals surface area contributed by atoms with E-state index in [0.29, 0.717) is 29.9 Å². The number of anilines is 1. The average Bonchev–Trinajstić information content (AvgIpc) is 3.50. The number of ether oxygens (including phenoxy) is 2. The van der Waals surface area contributed by atoms with Crippen molar-refractivity contribution < 1.29 is 22.6 Å². The van der Waals surface area contributed by atoms with E-state index in [1.165, 1.54) is 10.6 Å². The summed E-state index contributed by atoms with van der Waals surface area (Å²) < 4.78 is 55.4. The number of pyridine rings is 1. The van der Waals surface area contributed by atoms with Crippen LogP contribution in [0, 0.1) is 0 Å². The van der Waals surface area contributed by atoms with Crippen LogP contribution in [0.25, 0.3) is 10.9 Å². The van der Waals surface area contributed by atoms with E-state index in [1.54, 1.807) is 12.3 Å². The minimum Gasteiger partial charge on any atom is -0.491 e. The first kappa shape index (κ1) is 26.1. The molecule has 6 nitrogen and oxygen atoms in total. The topological polar surface area (TPSA) is 51.6 Å². The van der Waals surface area contributed by atoms with Crippen molar-refractivity contribution >= 4 is 24.8 Å². The van der Waals surface area contributed by atoms with Gasteiger partial charge in [0.05, 0.1) is 17.6 Å². The molecule has 0 amide bonds. The molecule has 0 radical (unpaired) electrons. The van der Waals surface area contributed by atoms with Gasteiger partial charge in [0, 0.05) is 31.8 Å². The Hall–Kier alpha value is -2.56. The molecule has 37 heavy (non-hydrogen) atoms. The molecule has 0 bridgehead atoms. The monoisotopic (exact) mass is 532 g/mol. The van der Waals surface area contributed by atoms with Crippen molar-refractivity contribution in [2.45, 2.75) is 63.5 Å². The molecule has 0 unspecified atom stereocenters. The molecular weight excluding hydrogens is 497 g/mol. The fourth-order valence-corrected chi connectivity index (χ4v) is 6.02. The lowest BCUT2D eigenvalue weighted by Crippen LogP contribution is -2.47. The lowest BCUT2D eigenvalue weighted by Gasteiger charge is -2.39. The Balaban J connectivity index is 1.50. The van der Waals surface area contributed by atoms with E-state index < -0.39 is 19.9 Å². The summed E-state index contributed by atoms with van der Waals surface area (Å²) in [5, 5.41) is 3.98. The van der Waals surface area contributed by atoms with Gasteiger partial charge in [-0.2, -0.15) is 13.2 Å². The number of aromatic nitrogens is 2. The smallest absolute Gasteiger partial charge is 0.431 e. The molecule has 2 atom stereocenters. The van der Waals surface area contributed by atoms with Crippen molar-refractivity contribution in [3.8, 4) is 5.75 Å². The predicted molar refractivity (Wildman–Crippen MR) is 142 cm³/mol. The fourth-order valence-electron chi connectivity index (χ4n) is 5.27. The highest BCUT2D eigenvalue weighted by Crippen LogP contribution is 2.40. The molecule has 1 N–H and O–H groups in total. The molecular formula is C27H35F3N4O2Si. The maximum absolute atomic E-state index is 14.1. The number of halogens is 3. The van der Waals surface area contributed by atoms with Crippen molar-refractivity contribution in [3.05, 3.63) is 53.9 Å². The molecule has 0 aliphatic carbocycles. The lowest BCUT2D eigenvalue weighted by molar-refractivity contribution is -0.145. The number of nitrogens with zero attached hydrogens (tertiary/aromatic N) is 3. The minimum absolute atomic E-state index is 0.0588. The molecule has 2 aromatic heterocycles. The number of benzene rings is 1. The number of hydrogen-bond acceptors (Lipinski definition) is 5. The number of likely N-dealkylation sites (tertiary alicyclic amines) is 1. The van der Waals surface area contributed by atoms with Crippen LogP contribution >= 0.6 is 0 Å². The van der Waals surface area contributed by atoms with Crippen LogP contribution in [-0.2, 0) is 17.6 Å². The quantitative estimate of drug-likeness (QED) is 0.270. The van der Waals surface area contributed by atoms with Crippen LogP contribution in [0.5, 0.6) is 5.75 Å². The molecule has 2 aliphatic heterocycles. The highest BCUT2D eigenvalue weighted by Gasteiger charge is 2.38. The fraction of sp³-hybridized carbons (Fsp3) is 0.519. The summed E-state index contributed by atoms with van der Waals surface area (Å²) in [5.41, 5.74) is 0.723. The van der Waals surface area contributed by atoms with Gasteiger partial charge in [-0.1, -0.05) is 37.8 Å². The number of alkyl halides is 3. The maximum atomic E-state index is 14.1. The maximum Gasteiger partial charge on any atom is 0.431 e. The lowest BCUT2D eigenvalue weighted by atomic mass is 9.95. The van der Waals surface area contributed by atoms with Crippen molar-refractivity contribution in [1.29, 1.82) is 0 Å². The Morgan fingerprint density at radius 2 is 1.89 bits per heavy atom. The zero-order valence-electron chi connectivity index (χ0n) is 21.6. The first-order valence-corrected chi connectivity index (χ1v) is 16.7. The van der Waals surface area contributed by atoms with E-state index in [4.69, 9.17) is 9.47 Å². The summed E-state index contributed by atoms with van der Waals surface area (Å²) in [7, 11) is -1.35. The number of nitrogens with one attached hydrogen (secondary N) is 1. The second-order valence-corrected chi connectivity index (χ2v) is 16.8. The molecule has 1 saturated heterocycles. The first-order valence-electron chi connectivity index (χ1n) is 13.0. The van der Waals surface area contributed by atoms with Gasteiger partial charge in [-0.15, -0.1) is 0 Å². The molecule has 1 fully saturated rings. The van der Waals surface area contributed by atoms with Crippen molar-refractivity contribution in [1.82, 2.24) is 14.5 Å². The Morgan fingerprint density at radius 3 is 2.62 bits per heavy atom. The molecule has 2 aliphatic rings. The van der Waals surface area contributed by atoms with E-state index in [1.807, 2.05) is 24.3 Å². The number of fused-ring (bicyclic) bond motifs is 2. The second kappa shape index (κ2) is 10.3. The van der Waals surface area contributed by atoms with Gasteiger partial charge in [0.15, 0.2) is 0 Å². The SMILES string of the molecule is C[Si](C)(C)CCOCn1c(C(F)(F)F)cc2c(N[C@H]3c4ccccc4OC[C@@H]3N3CCCC3)nccc21. The predicted octanol–water partition coefficient (Wildman–Crippen LogP) is 6.38. The van der Waals surface area contributed by atoms with E-state index in [2.05, 4.69) is 34.8 Å². The Labute approximate surface area is 216 Å². The summed E-state index contributed by atoms with van der Waals surface area (Å²) >= 11 is 0. The molecule has 1 aromatic carbocycles. The van der Waals surface area contributed by atoms with Crippen LogP contribution in [-0.4, -0.2) is 54.9 Å². The van der Waals surface area contributed by atoms with E-state index in [-0.39, 0.29) is 18.8 Å². The molecule has 5 rings (SSSR count). The van der Waals surface area contributed by atoms with E-state index in [9.17, 15) is 13.2 Å². The second-order valence-electron chi connectivity index (χ2n) is 11.2. The third kappa shape index (κ3) is 5.66. The van der Waals surface area contributed by atoms with E-state index in [0.717, 1.165) is 43.3 Å². The largest absolute Gasteiger partial charge is 0.491 e. The highest BCUT2D eigenvalue weighted by atomic mass is 28.3. The van der Waals surface area contributed by atoms with Gasteiger partial charge < -0.3 is 19.4 Å². The molecule has 0 spiro atoms. The number of rotatable bonds is 8. The summed E-state index contributed by atoms with van der Waals surface area (Å²) in [5.74, 6) is 1.24. The molecule has 10 heteroatoms. The molecule has 200 valence electrons.